The van der Waals surface area contributed by atoms with Gasteiger partial charge >= 0.3 is 0 Å². The zero-order valence-corrected chi connectivity index (χ0v) is 18.6. The SMILES string of the molecule is COc1ccc(NC(=O)C2CC=CCC2)cc1S(=O)(=O)Nc1cc(C)ccc1Br. The van der Waals surface area contributed by atoms with Crippen LogP contribution in [0.3, 0.4) is 0 Å². The first-order valence-electron chi connectivity index (χ1n) is 9.23. The number of hydrogen-bond donors (Lipinski definition) is 2. The van der Waals surface area contributed by atoms with Crippen molar-refractivity contribution < 1.29 is 17.9 Å². The van der Waals surface area contributed by atoms with E-state index in [1.165, 1.54) is 19.2 Å². The van der Waals surface area contributed by atoms with Gasteiger partial charge in [-0.2, -0.15) is 0 Å². The summed E-state index contributed by atoms with van der Waals surface area (Å²) in [5, 5.41) is 2.83. The lowest BCUT2D eigenvalue weighted by atomic mass is 9.93. The molecule has 0 aliphatic heterocycles. The number of carbonyl (C=O) groups is 1. The third-order valence-corrected chi connectivity index (χ3v) is 6.80. The summed E-state index contributed by atoms with van der Waals surface area (Å²) in [6, 6.07) is 9.98. The van der Waals surface area contributed by atoms with Crippen LogP contribution in [0.2, 0.25) is 0 Å². The summed E-state index contributed by atoms with van der Waals surface area (Å²) in [5.41, 5.74) is 1.75. The standard InChI is InChI=1S/C21H23BrN2O4S/c1-14-8-10-17(22)18(12-14)24-29(26,27)20-13-16(9-11-19(20)28-2)23-21(25)15-6-4-3-5-7-15/h3-4,8-13,15,24H,5-7H2,1-2H3,(H,23,25). The molecule has 0 fully saturated rings. The Bertz CT molecular complexity index is 1050. The second-order valence-electron chi connectivity index (χ2n) is 6.93. The number of sulfonamides is 1. The maximum Gasteiger partial charge on any atom is 0.265 e. The summed E-state index contributed by atoms with van der Waals surface area (Å²) in [4.78, 5) is 12.5. The van der Waals surface area contributed by atoms with Crippen molar-refractivity contribution >= 4 is 43.2 Å². The molecule has 1 amide bonds. The number of nitrogens with one attached hydrogen (secondary N) is 2. The van der Waals surface area contributed by atoms with Crippen LogP contribution in [0.25, 0.3) is 0 Å². The van der Waals surface area contributed by atoms with Gasteiger partial charge in [-0.3, -0.25) is 9.52 Å². The van der Waals surface area contributed by atoms with Gasteiger partial charge < -0.3 is 10.1 Å². The quantitative estimate of drug-likeness (QED) is 0.580. The molecule has 1 aliphatic rings. The highest BCUT2D eigenvalue weighted by atomic mass is 79.9. The summed E-state index contributed by atoms with van der Waals surface area (Å²) in [6.45, 7) is 1.88. The van der Waals surface area contributed by atoms with Gasteiger partial charge in [-0.05, 0) is 78.0 Å². The van der Waals surface area contributed by atoms with Gasteiger partial charge in [-0.25, -0.2) is 8.42 Å². The highest BCUT2D eigenvalue weighted by Crippen LogP contribution is 2.32. The molecule has 1 atom stereocenters. The maximum absolute atomic E-state index is 13.1. The minimum atomic E-state index is -3.95. The lowest BCUT2D eigenvalue weighted by Gasteiger charge is -2.18. The fourth-order valence-electron chi connectivity index (χ4n) is 3.16. The Balaban J connectivity index is 1.88. The minimum Gasteiger partial charge on any atom is -0.495 e. The van der Waals surface area contributed by atoms with Gasteiger partial charge in [0, 0.05) is 16.1 Å². The van der Waals surface area contributed by atoms with Crippen molar-refractivity contribution in [2.45, 2.75) is 31.1 Å². The molecule has 1 unspecified atom stereocenters. The Morgan fingerprint density at radius 3 is 2.66 bits per heavy atom. The normalized spacial score (nSPS) is 16.3. The van der Waals surface area contributed by atoms with Crippen LogP contribution in [-0.2, 0) is 14.8 Å². The van der Waals surface area contributed by atoms with Crippen LogP contribution in [0.1, 0.15) is 24.8 Å². The first-order valence-corrected chi connectivity index (χ1v) is 11.5. The average molecular weight is 479 g/mol. The summed E-state index contributed by atoms with van der Waals surface area (Å²) < 4.78 is 34.6. The number of hydrogen-bond acceptors (Lipinski definition) is 4. The molecule has 8 heteroatoms. The van der Waals surface area contributed by atoms with Crippen LogP contribution < -0.4 is 14.8 Å². The Morgan fingerprint density at radius 2 is 1.97 bits per heavy atom. The number of allylic oxidation sites excluding steroid dienone is 2. The molecule has 2 N–H and O–H groups in total. The van der Waals surface area contributed by atoms with E-state index in [0.29, 0.717) is 22.3 Å². The predicted octanol–water partition coefficient (Wildman–Crippen LogP) is 4.86. The van der Waals surface area contributed by atoms with Crippen LogP contribution >= 0.6 is 15.9 Å². The van der Waals surface area contributed by atoms with E-state index >= 15 is 0 Å². The lowest BCUT2D eigenvalue weighted by Crippen LogP contribution is -2.23. The van der Waals surface area contributed by atoms with E-state index in [4.69, 9.17) is 4.74 Å². The van der Waals surface area contributed by atoms with Crippen molar-refractivity contribution in [3.63, 3.8) is 0 Å². The monoisotopic (exact) mass is 478 g/mol. The first-order chi connectivity index (χ1) is 13.8. The third-order valence-electron chi connectivity index (χ3n) is 4.73. The Morgan fingerprint density at radius 1 is 1.17 bits per heavy atom. The van der Waals surface area contributed by atoms with E-state index in [9.17, 15) is 13.2 Å². The molecule has 0 radical (unpaired) electrons. The molecule has 0 saturated heterocycles. The number of benzene rings is 2. The van der Waals surface area contributed by atoms with Crippen molar-refractivity contribution in [1.29, 1.82) is 0 Å². The summed E-state index contributed by atoms with van der Waals surface area (Å²) in [7, 11) is -2.54. The number of ether oxygens (including phenoxy) is 1. The number of anilines is 2. The average Bonchev–Trinajstić information content (AvgIpc) is 2.71. The Hall–Kier alpha value is -2.32. The summed E-state index contributed by atoms with van der Waals surface area (Å²) >= 11 is 3.36. The predicted molar refractivity (Wildman–Crippen MR) is 118 cm³/mol. The maximum atomic E-state index is 13.1. The second kappa shape index (κ2) is 9.00. The molecule has 29 heavy (non-hydrogen) atoms. The van der Waals surface area contributed by atoms with Gasteiger partial charge in [0.1, 0.15) is 10.6 Å². The van der Waals surface area contributed by atoms with Crippen LogP contribution in [0.15, 0.2) is 57.9 Å². The second-order valence-corrected chi connectivity index (χ2v) is 9.43. The molecule has 0 bridgehead atoms. The fourth-order valence-corrected chi connectivity index (χ4v) is 4.90. The van der Waals surface area contributed by atoms with Crippen molar-refractivity contribution in [3.8, 4) is 5.75 Å². The number of carbonyl (C=O) groups excluding carboxylic acids is 1. The van der Waals surface area contributed by atoms with Gasteiger partial charge in [0.25, 0.3) is 10.0 Å². The lowest BCUT2D eigenvalue weighted by molar-refractivity contribution is -0.120. The molecule has 3 rings (SSSR count). The zero-order chi connectivity index (χ0) is 21.0. The molecule has 1 aliphatic carbocycles. The highest BCUT2D eigenvalue weighted by Gasteiger charge is 2.23. The van der Waals surface area contributed by atoms with Crippen LogP contribution in [0.5, 0.6) is 5.75 Å². The Labute approximate surface area is 179 Å². The molecular formula is C21H23BrN2O4S. The van der Waals surface area contributed by atoms with Crippen LogP contribution in [0, 0.1) is 12.8 Å². The zero-order valence-electron chi connectivity index (χ0n) is 16.2. The third kappa shape index (κ3) is 5.19. The van der Waals surface area contributed by atoms with Crippen molar-refractivity contribution in [2.24, 2.45) is 5.92 Å². The molecule has 0 heterocycles. The van der Waals surface area contributed by atoms with E-state index in [0.717, 1.165) is 18.4 Å². The van der Waals surface area contributed by atoms with Gasteiger partial charge in [0.05, 0.1) is 12.8 Å². The molecule has 0 spiro atoms. The Kier molecular flexibility index (Phi) is 6.64. The first kappa shape index (κ1) is 21.4. The number of amides is 1. The van der Waals surface area contributed by atoms with E-state index < -0.39 is 10.0 Å². The van der Waals surface area contributed by atoms with Gasteiger partial charge in [0.15, 0.2) is 0 Å². The van der Waals surface area contributed by atoms with E-state index in [1.807, 2.05) is 19.1 Å². The molecule has 154 valence electrons. The summed E-state index contributed by atoms with van der Waals surface area (Å²) in [6.07, 6.45) is 6.41. The van der Waals surface area contributed by atoms with Crippen molar-refractivity contribution in [1.82, 2.24) is 0 Å². The van der Waals surface area contributed by atoms with Gasteiger partial charge in [-0.15, -0.1) is 0 Å². The smallest absolute Gasteiger partial charge is 0.265 e. The molecule has 2 aromatic carbocycles. The van der Waals surface area contributed by atoms with Gasteiger partial charge in [0.2, 0.25) is 5.91 Å². The number of aryl methyl sites for hydroxylation is 1. The largest absolute Gasteiger partial charge is 0.495 e. The van der Waals surface area contributed by atoms with Crippen molar-refractivity contribution in [2.75, 3.05) is 17.1 Å². The highest BCUT2D eigenvalue weighted by molar-refractivity contribution is 9.10. The molecule has 0 aromatic heterocycles. The number of rotatable bonds is 6. The molecule has 6 nitrogen and oxygen atoms in total. The van der Waals surface area contributed by atoms with Crippen LogP contribution in [-0.4, -0.2) is 21.4 Å². The number of methoxy groups -OCH3 is 1. The van der Waals surface area contributed by atoms with Gasteiger partial charge in [-0.1, -0.05) is 18.2 Å². The number of halogens is 1. The van der Waals surface area contributed by atoms with E-state index in [-0.39, 0.29) is 22.5 Å². The van der Waals surface area contributed by atoms with E-state index in [2.05, 4.69) is 32.0 Å². The minimum absolute atomic E-state index is 0.0465. The summed E-state index contributed by atoms with van der Waals surface area (Å²) in [5.74, 6) is -0.0272. The molecule has 0 saturated carbocycles. The van der Waals surface area contributed by atoms with Crippen molar-refractivity contribution in [3.05, 3.63) is 58.6 Å². The molecule has 2 aromatic rings. The fraction of sp³-hybridized carbons (Fsp3) is 0.286. The van der Waals surface area contributed by atoms with Crippen LogP contribution in [0.4, 0.5) is 11.4 Å². The molecular weight excluding hydrogens is 456 g/mol. The van der Waals surface area contributed by atoms with E-state index in [1.54, 1.807) is 18.2 Å². The topological polar surface area (TPSA) is 84.5 Å².